The van der Waals surface area contributed by atoms with E-state index in [1.165, 1.54) is 10.4 Å². The van der Waals surface area contributed by atoms with Gasteiger partial charge in [-0.25, -0.2) is 0 Å². The Kier molecular flexibility index (Phi) is 24.7. The number of aliphatic hydroxyl groups is 1. The van der Waals surface area contributed by atoms with Gasteiger partial charge in [-0.15, -0.1) is 0 Å². The molecule has 0 aliphatic rings. The molecule has 0 aromatic heterocycles. The van der Waals surface area contributed by atoms with Crippen molar-refractivity contribution in [3.8, 4) is 0 Å². The van der Waals surface area contributed by atoms with Crippen LogP contribution in [0.25, 0.3) is 0 Å². The van der Waals surface area contributed by atoms with Crippen LogP contribution in [0.5, 0.6) is 0 Å². The number of benzene rings is 2. The number of rotatable bonds is 32. The second kappa shape index (κ2) is 28.0. The summed E-state index contributed by atoms with van der Waals surface area (Å²) in [7, 11) is -2.53. The molecule has 0 radical (unpaired) electrons. The van der Waals surface area contributed by atoms with Gasteiger partial charge in [0.2, 0.25) is 0 Å². The lowest BCUT2D eigenvalue weighted by molar-refractivity contribution is -0.0259. The van der Waals surface area contributed by atoms with E-state index < -0.39 is 8.32 Å². The number of ether oxygens (including phenoxy) is 9. The molecule has 0 aliphatic carbocycles. The molecule has 0 atom stereocenters. The minimum atomic E-state index is -2.53. The van der Waals surface area contributed by atoms with Gasteiger partial charge in [-0.05, 0) is 15.4 Å². The van der Waals surface area contributed by atoms with Crippen LogP contribution in [0, 0.1) is 0 Å². The second-order valence-corrected chi connectivity index (χ2v) is 16.1. The normalized spacial score (nSPS) is 12.2. The Morgan fingerprint density at radius 3 is 0.896 bits per heavy atom. The molecule has 0 fully saturated rings. The summed E-state index contributed by atoms with van der Waals surface area (Å²) < 4.78 is 56.2. The summed E-state index contributed by atoms with van der Waals surface area (Å²) in [5.41, 5.74) is 0. The zero-order chi connectivity index (χ0) is 34.4. The Balaban J connectivity index is 1.37. The first-order chi connectivity index (χ1) is 23.5. The number of hydrogen-bond donors (Lipinski definition) is 1. The summed E-state index contributed by atoms with van der Waals surface area (Å²) >= 11 is 0. The highest BCUT2D eigenvalue weighted by Gasteiger charge is 2.50. The molecule has 2 aromatic carbocycles. The van der Waals surface area contributed by atoms with Crippen LogP contribution in [0.15, 0.2) is 60.7 Å². The molecule has 0 saturated heterocycles. The van der Waals surface area contributed by atoms with Gasteiger partial charge in [-0.2, -0.15) is 0 Å². The van der Waals surface area contributed by atoms with E-state index >= 15 is 0 Å². The standard InChI is InChI=1S/C36H60O11Si/c1-36(2,3)48(34-10-6-4-7-11-34,35-12-8-5-9-13-35)47-33-32-46-31-30-45-29-28-44-27-26-43-25-24-42-23-22-41-21-20-40-19-18-39-17-16-38-15-14-37/h4-13,37H,14-33H2,1-3H3. The van der Waals surface area contributed by atoms with E-state index in [0.29, 0.717) is 126 Å². The third-order valence-electron chi connectivity index (χ3n) is 7.17. The molecule has 48 heavy (non-hydrogen) atoms. The third kappa shape index (κ3) is 18.3. The average Bonchev–Trinajstić information content (AvgIpc) is 3.09. The fourth-order valence-corrected chi connectivity index (χ4v) is 9.49. The van der Waals surface area contributed by atoms with Crippen molar-refractivity contribution in [2.24, 2.45) is 0 Å². The highest BCUT2D eigenvalue weighted by atomic mass is 28.4. The van der Waals surface area contributed by atoms with E-state index in [-0.39, 0.29) is 11.6 Å². The summed E-state index contributed by atoms with van der Waals surface area (Å²) in [6.45, 7) is 16.3. The zero-order valence-corrected chi connectivity index (χ0v) is 30.4. The van der Waals surface area contributed by atoms with Crippen LogP contribution in [-0.2, 0) is 47.1 Å². The molecular formula is C36H60O11Si. The molecule has 0 aliphatic heterocycles. The predicted octanol–water partition coefficient (Wildman–Crippen LogP) is 2.70. The summed E-state index contributed by atoms with van der Waals surface area (Å²) in [4.78, 5) is 0. The summed E-state index contributed by atoms with van der Waals surface area (Å²) in [6, 6.07) is 21.3. The zero-order valence-electron chi connectivity index (χ0n) is 29.4. The van der Waals surface area contributed by atoms with Gasteiger partial charge >= 0.3 is 0 Å². The van der Waals surface area contributed by atoms with Crippen molar-refractivity contribution in [1.82, 2.24) is 0 Å². The van der Waals surface area contributed by atoms with Crippen molar-refractivity contribution in [2.45, 2.75) is 25.8 Å². The van der Waals surface area contributed by atoms with Crippen molar-refractivity contribution in [3.05, 3.63) is 60.7 Å². The molecule has 1 N–H and O–H groups in total. The molecule has 0 saturated carbocycles. The SMILES string of the molecule is CC(C)(C)[Si](OCCOCCOCCOCCOCCOCCOCCOCCOCCOCCO)(c1ccccc1)c1ccccc1. The topological polar surface area (TPSA) is 113 Å². The lowest BCUT2D eigenvalue weighted by atomic mass is 10.2. The molecule has 2 aromatic rings. The first-order valence-corrected chi connectivity index (χ1v) is 19.0. The fourth-order valence-electron chi connectivity index (χ4n) is 4.94. The van der Waals surface area contributed by atoms with Crippen LogP contribution in [0.2, 0.25) is 5.04 Å². The summed E-state index contributed by atoms with van der Waals surface area (Å²) in [5, 5.41) is 11.1. The first-order valence-electron chi connectivity index (χ1n) is 17.1. The van der Waals surface area contributed by atoms with Crippen LogP contribution in [0.1, 0.15) is 20.8 Å². The monoisotopic (exact) mass is 696 g/mol. The van der Waals surface area contributed by atoms with Crippen LogP contribution in [-0.4, -0.2) is 146 Å². The van der Waals surface area contributed by atoms with Gasteiger partial charge in [0, 0.05) is 0 Å². The molecule has 12 heteroatoms. The van der Waals surface area contributed by atoms with Gasteiger partial charge in [0.15, 0.2) is 0 Å². The van der Waals surface area contributed by atoms with E-state index in [9.17, 15) is 0 Å². The van der Waals surface area contributed by atoms with Crippen molar-refractivity contribution < 1.29 is 52.2 Å². The van der Waals surface area contributed by atoms with E-state index in [1.54, 1.807) is 0 Å². The smallest absolute Gasteiger partial charge is 0.261 e. The van der Waals surface area contributed by atoms with Gasteiger partial charge < -0.3 is 52.2 Å². The summed E-state index contributed by atoms with van der Waals surface area (Å²) in [6.07, 6.45) is 0. The largest absolute Gasteiger partial charge is 0.405 e. The Morgan fingerprint density at radius 2 is 0.646 bits per heavy atom. The van der Waals surface area contributed by atoms with Crippen LogP contribution in [0.3, 0.4) is 0 Å². The molecular weight excluding hydrogens is 636 g/mol. The molecule has 11 nitrogen and oxygen atoms in total. The van der Waals surface area contributed by atoms with E-state index in [4.69, 9.17) is 52.2 Å². The van der Waals surface area contributed by atoms with Crippen molar-refractivity contribution >= 4 is 18.7 Å². The molecule has 0 bridgehead atoms. The van der Waals surface area contributed by atoms with Crippen molar-refractivity contribution in [3.63, 3.8) is 0 Å². The Morgan fingerprint density at radius 1 is 0.396 bits per heavy atom. The molecule has 0 spiro atoms. The maximum Gasteiger partial charge on any atom is 0.261 e. The highest BCUT2D eigenvalue weighted by molar-refractivity contribution is 6.99. The van der Waals surface area contributed by atoms with Gasteiger partial charge in [-0.1, -0.05) is 81.4 Å². The van der Waals surface area contributed by atoms with E-state index in [2.05, 4.69) is 81.4 Å². The summed E-state index contributed by atoms with van der Waals surface area (Å²) in [5.74, 6) is 0. The van der Waals surface area contributed by atoms with E-state index in [0.717, 1.165) is 0 Å². The van der Waals surface area contributed by atoms with Crippen LogP contribution < -0.4 is 10.4 Å². The Bertz CT molecular complexity index is 939. The average molecular weight is 697 g/mol. The lowest BCUT2D eigenvalue weighted by Crippen LogP contribution is -2.66. The fraction of sp³-hybridized carbons (Fsp3) is 0.667. The molecule has 0 heterocycles. The first kappa shape index (κ1) is 42.4. The minimum absolute atomic E-state index is 0.0256. The maximum atomic E-state index is 8.60. The second-order valence-electron chi connectivity index (χ2n) is 11.7. The molecule has 0 unspecified atom stereocenters. The van der Waals surface area contributed by atoms with Crippen molar-refractivity contribution in [1.29, 1.82) is 0 Å². The third-order valence-corrected chi connectivity index (χ3v) is 12.2. The predicted molar refractivity (Wildman–Crippen MR) is 188 cm³/mol. The molecule has 0 amide bonds. The van der Waals surface area contributed by atoms with E-state index in [1.807, 2.05) is 0 Å². The number of aliphatic hydroxyl groups excluding tert-OH is 1. The van der Waals surface area contributed by atoms with Gasteiger partial charge in [0.05, 0.1) is 132 Å². The minimum Gasteiger partial charge on any atom is -0.405 e. The van der Waals surface area contributed by atoms with Gasteiger partial charge in [0.1, 0.15) is 0 Å². The Labute approximate surface area is 289 Å². The maximum absolute atomic E-state index is 8.60. The van der Waals surface area contributed by atoms with Crippen LogP contribution in [0.4, 0.5) is 0 Å². The van der Waals surface area contributed by atoms with Crippen molar-refractivity contribution in [2.75, 3.05) is 132 Å². The molecule has 274 valence electrons. The van der Waals surface area contributed by atoms with Crippen LogP contribution >= 0.6 is 0 Å². The Hall–Kier alpha value is -1.78. The molecule has 2 rings (SSSR count). The quantitative estimate of drug-likeness (QED) is 0.0901. The van der Waals surface area contributed by atoms with Gasteiger partial charge in [0.25, 0.3) is 8.32 Å². The highest BCUT2D eigenvalue weighted by Crippen LogP contribution is 2.36. The van der Waals surface area contributed by atoms with Gasteiger partial charge in [-0.3, -0.25) is 0 Å². The lowest BCUT2D eigenvalue weighted by Gasteiger charge is -2.43. The number of hydrogen-bond acceptors (Lipinski definition) is 11.